The maximum atomic E-state index is 5.27. The first-order valence-corrected chi connectivity index (χ1v) is 22.5. The zero-order chi connectivity index (χ0) is 40.3. The van der Waals surface area contributed by atoms with Gasteiger partial charge in [-0.25, -0.2) is 15.0 Å². The van der Waals surface area contributed by atoms with E-state index >= 15 is 0 Å². The average molecular weight is 776 g/mol. The summed E-state index contributed by atoms with van der Waals surface area (Å²) in [7, 11) is -0.326. The fraction of sp³-hybridized carbons (Fsp3) is 0.241. The monoisotopic (exact) mass is 775 g/mol. The van der Waals surface area contributed by atoms with Crippen LogP contribution in [-0.2, 0) is 0 Å². The molecule has 58 heavy (non-hydrogen) atoms. The van der Waals surface area contributed by atoms with E-state index in [4.69, 9.17) is 15.0 Å². The van der Waals surface area contributed by atoms with Gasteiger partial charge in [-0.3, -0.25) is 0 Å². The zero-order valence-electron chi connectivity index (χ0n) is 34.8. The lowest BCUT2D eigenvalue weighted by Gasteiger charge is -2.32. The molecule has 1 aromatic heterocycles. The van der Waals surface area contributed by atoms with Gasteiger partial charge in [-0.1, -0.05) is 189 Å². The van der Waals surface area contributed by atoms with Crippen molar-refractivity contribution in [1.29, 1.82) is 0 Å². The fourth-order valence-corrected chi connectivity index (χ4v) is 11.4. The van der Waals surface area contributed by atoms with Crippen molar-refractivity contribution in [2.24, 2.45) is 10.8 Å². The van der Waals surface area contributed by atoms with E-state index in [1.54, 1.807) is 0 Å². The minimum absolute atomic E-state index is 0.265. The molecule has 0 atom stereocenters. The number of aromatic nitrogens is 3. The van der Waals surface area contributed by atoms with Gasteiger partial charge in [-0.05, 0) is 110 Å². The summed E-state index contributed by atoms with van der Waals surface area (Å²) in [6.45, 7) is 14.2. The third kappa shape index (κ3) is 9.28. The average Bonchev–Trinajstić information content (AvgIpc) is 3.52. The molecule has 0 unspecified atom stereocenters. The Bertz CT molecular complexity index is 2600. The highest BCUT2D eigenvalue weighted by atomic mass is 31.1. The molecule has 0 amide bonds. The van der Waals surface area contributed by atoms with Crippen molar-refractivity contribution in [3.05, 3.63) is 164 Å². The van der Waals surface area contributed by atoms with Crippen molar-refractivity contribution in [2.45, 2.75) is 60.8 Å². The molecule has 290 valence electrons. The van der Waals surface area contributed by atoms with Crippen LogP contribution < -0.4 is 5.30 Å². The first-order valence-electron chi connectivity index (χ1n) is 20.7. The van der Waals surface area contributed by atoms with Gasteiger partial charge >= 0.3 is 0 Å². The molecule has 1 aliphatic carbocycles. The Morgan fingerprint density at radius 2 is 1.09 bits per heavy atom. The fourth-order valence-electron chi connectivity index (χ4n) is 8.04. The first kappa shape index (κ1) is 39.3. The predicted molar refractivity (Wildman–Crippen MR) is 251 cm³/mol. The SMILES string of the molecule is CC(C)(C)CP(CC(C)(C)C)c1cccc(-c2cccc(-c3nc(C4=CCCCC=C4)nc(-c4ccc(-c5cccc6ccccc56)c(-c5ccccc5)c4)n3)c2)c1. The molecule has 7 aromatic rings. The van der Waals surface area contributed by atoms with Crippen LogP contribution in [0.3, 0.4) is 0 Å². The molecule has 3 nitrogen and oxygen atoms in total. The summed E-state index contributed by atoms with van der Waals surface area (Å²) in [5.41, 5.74) is 10.6. The molecule has 1 heterocycles. The van der Waals surface area contributed by atoms with Crippen molar-refractivity contribution in [3.8, 4) is 56.2 Å². The van der Waals surface area contributed by atoms with Crippen LogP contribution in [0, 0.1) is 10.8 Å². The molecule has 0 radical (unpaired) electrons. The Balaban J connectivity index is 1.24. The maximum Gasteiger partial charge on any atom is 0.164 e. The van der Waals surface area contributed by atoms with Crippen molar-refractivity contribution >= 4 is 29.6 Å². The third-order valence-electron chi connectivity index (χ3n) is 10.6. The molecule has 0 spiro atoms. The standard InChI is InChI=1S/C54H54N3P/c1-53(2,3)36-58(37-54(4,5)6)45-28-17-26-42(34-45)41-25-16-27-43(33-41)51-55-50(40-22-10-7-8-11-23-40)56-52(57-51)44-31-32-48(49(35-44)39-19-12-9-13-20-39)47-30-18-24-38-21-14-15-29-46(38)47/h9-10,12-35H,7-8,11,36-37H2,1-6H3. The normalized spacial score (nSPS) is 13.5. The summed E-state index contributed by atoms with van der Waals surface area (Å²) < 4.78 is 0. The highest BCUT2D eigenvalue weighted by Crippen LogP contribution is 2.46. The lowest BCUT2D eigenvalue weighted by Crippen LogP contribution is -2.22. The molecule has 0 fully saturated rings. The van der Waals surface area contributed by atoms with Crippen LogP contribution >= 0.6 is 7.92 Å². The number of nitrogens with zero attached hydrogens (tertiary/aromatic N) is 3. The molecule has 0 saturated heterocycles. The Morgan fingerprint density at radius 1 is 0.483 bits per heavy atom. The topological polar surface area (TPSA) is 38.7 Å². The second-order valence-corrected chi connectivity index (χ2v) is 20.3. The van der Waals surface area contributed by atoms with E-state index in [9.17, 15) is 0 Å². The van der Waals surface area contributed by atoms with Gasteiger partial charge in [0.05, 0.1) is 0 Å². The van der Waals surface area contributed by atoms with Gasteiger partial charge in [0.2, 0.25) is 0 Å². The summed E-state index contributed by atoms with van der Waals surface area (Å²) in [4.78, 5) is 15.7. The van der Waals surface area contributed by atoms with Crippen LogP contribution in [0.1, 0.15) is 66.6 Å². The lowest BCUT2D eigenvalue weighted by molar-refractivity contribution is 0.460. The highest BCUT2D eigenvalue weighted by molar-refractivity contribution is 7.65. The summed E-state index contributed by atoms with van der Waals surface area (Å²) in [5.74, 6) is 2.06. The molecule has 8 rings (SSSR count). The minimum atomic E-state index is -0.326. The Kier molecular flexibility index (Phi) is 11.4. The molecule has 4 heteroatoms. The molecule has 0 N–H and O–H groups in total. The largest absolute Gasteiger partial charge is 0.208 e. The van der Waals surface area contributed by atoms with Gasteiger partial charge in [0.15, 0.2) is 17.5 Å². The van der Waals surface area contributed by atoms with Gasteiger partial charge in [0.25, 0.3) is 0 Å². The third-order valence-corrected chi connectivity index (χ3v) is 14.2. The van der Waals surface area contributed by atoms with E-state index < -0.39 is 0 Å². The highest BCUT2D eigenvalue weighted by Gasteiger charge is 2.25. The first-order chi connectivity index (χ1) is 28.0. The molecule has 0 saturated carbocycles. The zero-order valence-corrected chi connectivity index (χ0v) is 35.7. The van der Waals surface area contributed by atoms with E-state index in [0.717, 1.165) is 47.1 Å². The summed E-state index contributed by atoms with van der Waals surface area (Å²) in [6, 6.07) is 50.6. The summed E-state index contributed by atoms with van der Waals surface area (Å²) >= 11 is 0. The molecule has 6 aromatic carbocycles. The van der Waals surface area contributed by atoms with Gasteiger partial charge < -0.3 is 0 Å². The van der Waals surface area contributed by atoms with Crippen molar-refractivity contribution in [2.75, 3.05) is 12.3 Å². The number of hydrogen-bond donors (Lipinski definition) is 0. The van der Waals surface area contributed by atoms with Gasteiger partial charge in [-0.15, -0.1) is 0 Å². The van der Waals surface area contributed by atoms with Crippen molar-refractivity contribution in [1.82, 2.24) is 15.0 Å². The Hall–Kier alpha value is -5.50. The summed E-state index contributed by atoms with van der Waals surface area (Å²) in [5, 5.41) is 3.93. The van der Waals surface area contributed by atoms with E-state index in [1.807, 2.05) is 0 Å². The van der Waals surface area contributed by atoms with Gasteiger partial charge in [-0.2, -0.15) is 0 Å². The van der Waals surface area contributed by atoms with Gasteiger partial charge in [0.1, 0.15) is 0 Å². The van der Waals surface area contributed by atoms with Crippen LogP contribution in [0.2, 0.25) is 0 Å². The van der Waals surface area contributed by atoms with E-state index in [1.165, 1.54) is 50.7 Å². The van der Waals surface area contributed by atoms with Gasteiger partial charge in [0, 0.05) is 16.7 Å². The minimum Gasteiger partial charge on any atom is -0.208 e. The number of hydrogen-bond acceptors (Lipinski definition) is 3. The molecular weight excluding hydrogens is 722 g/mol. The van der Waals surface area contributed by atoms with Crippen molar-refractivity contribution in [3.63, 3.8) is 0 Å². The van der Waals surface area contributed by atoms with Crippen LogP contribution in [0.5, 0.6) is 0 Å². The molecular formula is C54H54N3P. The molecule has 1 aliphatic rings. The summed E-state index contributed by atoms with van der Waals surface area (Å²) in [6.07, 6.45) is 12.3. The Labute approximate surface area is 346 Å². The Morgan fingerprint density at radius 3 is 1.84 bits per heavy atom. The molecule has 0 aliphatic heterocycles. The second kappa shape index (κ2) is 16.8. The maximum absolute atomic E-state index is 5.27. The smallest absolute Gasteiger partial charge is 0.164 e. The van der Waals surface area contributed by atoms with E-state index in [0.29, 0.717) is 17.5 Å². The van der Waals surface area contributed by atoms with Crippen LogP contribution in [0.25, 0.3) is 72.5 Å². The van der Waals surface area contributed by atoms with Crippen LogP contribution in [0.15, 0.2) is 158 Å². The van der Waals surface area contributed by atoms with Crippen molar-refractivity contribution < 1.29 is 0 Å². The number of rotatable bonds is 9. The van der Waals surface area contributed by atoms with E-state index in [-0.39, 0.29) is 18.8 Å². The predicted octanol–water partition coefficient (Wildman–Crippen LogP) is 14.7. The van der Waals surface area contributed by atoms with E-state index in [2.05, 4.69) is 199 Å². The van der Waals surface area contributed by atoms with Crippen LogP contribution in [0.4, 0.5) is 0 Å². The van der Waals surface area contributed by atoms with Crippen LogP contribution in [-0.4, -0.2) is 27.3 Å². The number of benzene rings is 6. The molecule has 0 bridgehead atoms. The number of allylic oxidation sites excluding steroid dienone is 4. The quantitative estimate of drug-likeness (QED) is 0.137. The lowest BCUT2D eigenvalue weighted by atomic mass is 9.90. The second-order valence-electron chi connectivity index (χ2n) is 18.1. The number of fused-ring (bicyclic) bond motifs is 1.